The van der Waals surface area contributed by atoms with E-state index in [1.165, 1.54) is 12.0 Å². The largest absolute Gasteiger partial charge is 0.355 e. The number of hydrogen-bond donors (Lipinski definition) is 2. The molecular weight excluding hydrogens is 513 g/mol. The Morgan fingerprint density at radius 1 is 1.16 bits per heavy atom. The van der Waals surface area contributed by atoms with Crippen molar-refractivity contribution >= 4 is 29.9 Å². The smallest absolute Gasteiger partial charge is 0.191 e. The van der Waals surface area contributed by atoms with E-state index < -0.39 is 0 Å². The van der Waals surface area contributed by atoms with Crippen molar-refractivity contribution in [1.29, 1.82) is 0 Å². The molecule has 1 aromatic carbocycles. The molecule has 2 aromatic rings. The average Bonchev–Trinajstić information content (AvgIpc) is 3.25. The van der Waals surface area contributed by atoms with Crippen molar-refractivity contribution in [3.05, 3.63) is 48.0 Å². The molecule has 0 aliphatic carbocycles. The Bertz CT molecular complexity index is 744. The van der Waals surface area contributed by atoms with E-state index >= 15 is 0 Å². The van der Waals surface area contributed by atoms with E-state index in [1.54, 1.807) is 6.33 Å². The number of aryl methyl sites for hydroxylation is 1. The van der Waals surface area contributed by atoms with Crippen molar-refractivity contribution in [1.82, 2.24) is 30.3 Å². The van der Waals surface area contributed by atoms with Crippen LogP contribution in [-0.2, 0) is 19.4 Å². The van der Waals surface area contributed by atoms with Gasteiger partial charge in [-0.15, -0.1) is 34.2 Å². The molecule has 0 aliphatic heterocycles. The van der Waals surface area contributed by atoms with Gasteiger partial charge in [0.1, 0.15) is 12.2 Å². The van der Waals surface area contributed by atoms with Gasteiger partial charge in [0.15, 0.2) is 5.96 Å². The Hall–Kier alpha value is -1.68. The second-order valence-electron chi connectivity index (χ2n) is 7.90. The van der Waals surface area contributed by atoms with Crippen LogP contribution in [0.15, 0.2) is 41.7 Å². The van der Waals surface area contributed by atoms with Crippen molar-refractivity contribution < 1.29 is 0 Å². The molecule has 0 fully saturated rings. The molecule has 1 aromatic heterocycles. The molecule has 0 radical (unpaired) electrons. The summed E-state index contributed by atoms with van der Waals surface area (Å²) in [6.07, 6.45) is 5.94. The highest BCUT2D eigenvalue weighted by atomic mass is 127. The molecule has 0 spiro atoms. The molecule has 1 heterocycles. The Labute approximate surface area is 211 Å². The highest BCUT2D eigenvalue weighted by Gasteiger charge is 2.08. The number of guanidine groups is 1. The molecule has 0 saturated heterocycles. The molecule has 1 unspecified atom stereocenters. The van der Waals surface area contributed by atoms with E-state index in [-0.39, 0.29) is 24.0 Å². The van der Waals surface area contributed by atoms with Gasteiger partial charge in [-0.2, -0.15) is 0 Å². The normalized spacial score (nSPS) is 12.5. The first-order chi connectivity index (χ1) is 15.2. The molecule has 0 amide bonds. The highest BCUT2D eigenvalue weighted by molar-refractivity contribution is 14.0. The summed E-state index contributed by atoms with van der Waals surface area (Å²) >= 11 is 0. The van der Waals surface area contributed by atoms with Crippen LogP contribution < -0.4 is 10.6 Å². The first kappa shape index (κ1) is 28.4. The fourth-order valence-electron chi connectivity index (χ4n) is 3.59. The predicted octanol–water partition coefficient (Wildman–Crippen LogP) is 3.75. The molecule has 8 heteroatoms. The first-order valence-corrected chi connectivity index (χ1v) is 11.8. The molecule has 0 bridgehead atoms. The number of aliphatic imine (C=N–C) groups is 1. The van der Waals surface area contributed by atoms with E-state index in [2.05, 4.69) is 88.3 Å². The maximum atomic E-state index is 4.84. The molecule has 32 heavy (non-hydrogen) atoms. The number of aromatic nitrogens is 3. The third-order valence-corrected chi connectivity index (χ3v) is 5.56. The van der Waals surface area contributed by atoms with E-state index in [0.717, 1.165) is 70.3 Å². The maximum Gasteiger partial charge on any atom is 0.191 e. The lowest BCUT2D eigenvalue weighted by Gasteiger charge is -2.21. The van der Waals surface area contributed by atoms with Crippen LogP contribution in [0.4, 0.5) is 0 Å². The summed E-state index contributed by atoms with van der Waals surface area (Å²) in [4.78, 5) is 7.32. The topological polar surface area (TPSA) is 70.4 Å². The van der Waals surface area contributed by atoms with Gasteiger partial charge in [0.05, 0.1) is 0 Å². The van der Waals surface area contributed by atoms with E-state index in [0.29, 0.717) is 6.04 Å². The van der Waals surface area contributed by atoms with Gasteiger partial charge >= 0.3 is 0 Å². The van der Waals surface area contributed by atoms with E-state index in [4.69, 9.17) is 4.99 Å². The van der Waals surface area contributed by atoms with Crippen LogP contribution in [0, 0.1) is 0 Å². The zero-order valence-electron chi connectivity index (χ0n) is 20.3. The average molecular weight is 556 g/mol. The minimum Gasteiger partial charge on any atom is -0.355 e. The summed E-state index contributed by atoms with van der Waals surface area (Å²) in [5.41, 5.74) is 1.31. The second-order valence-corrected chi connectivity index (χ2v) is 7.90. The molecule has 1 atom stereocenters. The first-order valence-electron chi connectivity index (χ1n) is 11.8. The third-order valence-electron chi connectivity index (χ3n) is 5.56. The van der Waals surface area contributed by atoms with Crippen molar-refractivity contribution in [2.24, 2.45) is 4.99 Å². The van der Waals surface area contributed by atoms with Gasteiger partial charge in [-0.1, -0.05) is 51.1 Å². The van der Waals surface area contributed by atoms with Crippen molar-refractivity contribution in [2.45, 2.75) is 66.0 Å². The summed E-state index contributed by atoms with van der Waals surface area (Å²) in [5, 5.41) is 15.3. The van der Waals surface area contributed by atoms with Gasteiger partial charge in [-0.3, -0.25) is 4.99 Å². The Kier molecular flexibility index (Phi) is 15.0. The van der Waals surface area contributed by atoms with Crippen molar-refractivity contribution in [3.63, 3.8) is 0 Å². The molecule has 2 rings (SSSR count). The van der Waals surface area contributed by atoms with Crippen LogP contribution >= 0.6 is 24.0 Å². The van der Waals surface area contributed by atoms with Crippen LogP contribution in [0.2, 0.25) is 0 Å². The van der Waals surface area contributed by atoms with Crippen molar-refractivity contribution in [2.75, 3.05) is 32.7 Å². The zero-order valence-corrected chi connectivity index (χ0v) is 22.6. The number of halogens is 1. The number of hydrogen-bond acceptors (Lipinski definition) is 4. The number of nitrogens with zero attached hydrogens (tertiary/aromatic N) is 5. The Balaban J connectivity index is 0.00000512. The van der Waals surface area contributed by atoms with Crippen LogP contribution in [0.3, 0.4) is 0 Å². The van der Waals surface area contributed by atoms with Crippen LogP contribution in [0.25, 0.3) is 0 Å². The van der Waals surface area contributed by atoms with Gasteiger partial charge in [-0.25, -0.2) is 0 Å². The van der Waals surface area contributed by atoms with Crippen molar-refractivity contribution in [3.8, 4) is 0 Å². The summed E-state index contributed by atoms with van der Waals surface area (Å²) in [6.45, 7) is 14.6. The standard InChI is InChI=1S/C24H41N7.HI/c1-5-23-29-27-20-31(23)19-17-26-24(25-16-15-22-13-9-8-10-14-22)28-21(4)12-11-18-30(6-2)7-3;/h8-10,13-14,20-21H,5-7,11-12,15-19H2,1-4H3,(H2,25,26,28);1H. The molecule has 7 nitrogen and oxygen atoms in total. The minimum atomic E-state index is 0. The lowest BCUT2D eigenvalue weighted by Crippen LogP contribution is -2.43. The van der Waals surface area contributed by atoms with Gasteiger partial charge in [0.2, 0.25) is 0 Å². The zero-order chi connectivity index (χ0) is 22.3. The lowest BCUT2D eigenvalue weighted by molar-refractivity contribution is 0.292. The van der Waals surface area contributed by atoms with E-state index in [9.17, 15) is 0 Å². The molecule has 2 N–H and O–H groups in total. The molecular formula is C24H42IN7. The summed E-state index contributed by atoms with van der Waals surface area (Å²) in [6, 6.07) is 10.9. The number of nitrogens with one attached hydrogen (secondary N) is 2. The lowest BCUT2D eigenvalue weighted by atomic mass is 10.1. The molecule has 0 aliphatic rings. The predicted molar refractivity (Wildman–Crippen MR) is 145 cm³/mol. The third kappa shape index (κ3) is 10.8. The SMILES string of the molecule is CCc1nncn1CCNC(=NCCc1ccccc1)NC(C)CCCN(CC)CC.I. The second kappa shape index (κ2) is 16.9. The van der Waals surface area contributed by atoms with Gasteiger partial charge in [0.25, 0.3) is 0 Å². The number of benzene rings is 1. The molecule has 0 saturated carbocycles. The van der Waals surface area contributed by atoms with Crippen LogP contribution in [-0.4, -0.2) is 64.4 Å². The summed E-state index contributed by atoms with van der Waals surface area (Å²) in [5.74, 6) is 1.90. The highest BCUT2D eigenvalue weighted by Crippen LogP contribution is 2.02. The quantitative estimate of drug-likeness (QED) is 0.211. The monoisotopic (exact) mass is 555 g/mol. The Morgan fingerprint density at radius 2 is 1.91 bits per heavy atom. The fraction of sp³-hybridized carbons (Fsp3) is 0.625. The number of rotatable bonds is 14. The fourth-order valence-corrected chi connectivity index (χ4v) is 3.59. The maximum absolute atomic E-state index is 4.84. The van der Waals surface area contributed by atoms with Gasteiger partial charge in [0, 0.05) is 32.1 Å². The summed E-state index contributed by atoms with van der Waals surface area (Å²) in [7, 11) is 0. The van der Waals surface area contributed by atoms with Gasteiger partial charge in [-0.05, 0) is 51.4 Å². The van der Waals surface area contributed by atoms with Crippen LogP contribution in [0.5, 0.6) is 0 Å². The molecule has 180 valence electrons. The van der Waals surface area contributed by atoms with E-state index in [1.807, 2.05) is 0 Å². The summed E-state index contributed by atoms with van der Waals surface area (Å²) < 4.78 is 2.10. The van der Waals surface area contributed by atoms with Crippen LogP contribution in [0.1, 0.15) is 51.9 Å². The van der Waals surface area contributed by atoms with Gasteiger partial charge < -0.3 is 20.1 Å². The minimum absolute atomic E-state index is 0. The Morgan fingerprint density at radius 3 is 2.59 bits per heavy atom.